The molecule has 1 heterocycles. The molecule has 0 atom stereocenters. The van der Waals surface area contributed by atoms with Gasteiger partial charge in [-0.3, -0.25) is 10.1 Å². The molecular formula is C20H15N3O3S. The van der Waals surface area contributed by atoms with E-state index < -0.39 is 4.92 Å². The number of benzene rings is 3. The fourth-order valence-corrected chi connectivity index (χ4v) is 3.69. The Morgan fingerprint density at radius 3 is 2.52 bits per heavy atom. The predicted molar refractivity (Wildman–Crippen MR) is 105 cm³/mol. The van der Waals surface area contributed by atoms with Gasteiger partial charge >= 0.3 is 0 Å². The zero-order valence-corrected chi connectivity index (χ0v) is 15.1. The van der Waals surface area contributed by atoms with Gasteiger partial charge in [0.2, 0.25) is 11.8 Å². The molecule has 0 bridgehead atoms. The smallest absolute Gasteiger partial charge is 0.269 e. The summed E-state index contributed by atoms with van der Waals surface area (Å²) in [6, 6.07) is 20.7. The minimum Gasteiger partial charge on any atom is -0.420 e. The Labute approximate surface area is 159 Å². The maximum Gasteiger partial charge on any atom is 0.269 e. The van der Waals surface area contributed by atoms with Gasteiger partial charge in [0.15, 0.2) is 0 Å². The van der Waals surface area contributed by atoms with Crippen LogP contribution in [0, 0.1) is 10.1 Å². The number of aromatic nitrogens is 2. The van der Waals surface area contributed by atoms with Gasteiger partial charge in [-0.15, -0.1) is 22.0 Å². The van der Waals surface area contributed by atoms with Crippen LogP contribution in [0.2, 0.25) is 0 Å². The number of rotatable bonds is 6. The maximum atomic E-state index is 10.7. The molecule has 0 aliphatic rings. The van der Waals surface area contributed by atoms with Gasteiger partial charge in [0.25, 0.3) is 5.69 Å². The van der Waals surface area contributed by atoms with Crippen LogP contribution in [0.15, 0.2) is 71.1 Å². The van der Waals surface area contributed by atoms with Gasteiger partial charge < -0.3 is 4.42 Å². The van der Waals surface area contributed by atoms with Crippen molar-refractivity contribution in [3.63, 3.8) is 0 Å². The molecule has 0 N–H and O–H groups in total. The summed E-state index contributed by atoms with van der Waals surface area (Å²) in [7, 11) is 0. The first-order chi connectivity index (χ1) is 13.2. The highest BCUT2D eigenvalue weighted by Crippen LogP contribution is 2.26. The Morgan fingerprint density at radius 2 is 1.70 bits per heavy atom. The summed E-state index contributed by atoms with van der Waals surface area (Å²) in [5, 5.41) is 21.3. The van der Waals surface area contributed by atoms with E-state index in [1.165, 1.54) is 28.5 Å². The molecule has 6 nitrogen and oxygen atoms in total. The molecule has 0 unspecified atom stereocenters. The average Bonchev–Trinajstić information content (AvgIpc) is 3.17. The Hall–Kier alpha value is -3.19. The highest BCUT2D eigenvalue weighted by molar-refractivity contribution is 7.97. The topological polar surface area (TPSA) is 82.1 Å². The van der Waals surface area contributed by atoms with E-state index in [4.69, 9.17) is 4.42 Å². The highest BCUT2D eigenvalue weighted by Gasteiger charge is 2.11. The average molecular weight is 377 g/mol. The van der Waals surface area contributed by atoms with Gasteiger partial charge in [-0.1, -0.05) is 42.5 Å². The fraction of sp³-hybridized carbons (Fsp3) is 0.100. The Balaban J connectivity index is 1.41. The predicted octanol–water partition coefficient (Wildman–Crippen LogP) is 5.23. The summed E-state index contributed by atoms with van der Waals surface area (Å²) in [5.41, 5.74) is 1.97. The summed E-state index contributed by atoms with van der Waals surface area (Å²) < 4.78 is 5.68. The standard InChI is InChI=1S/C20H15N3O3S/c24-23(25)17-10-8-15(9-11-17)20-22-21-19(26-20)13-27-12-16-6-3-5-14-4-1-2-7-18(14)16/h1-11H,12-13H2. The zero-order valence-electron chi connectivity index (χ0n) is 14.2. The molecule has 1 aromatic heterocycles. The number of nitro groups is 1. The summed E-state index contributed by atoms with van der Waals surface area (Å²) >= 11 is 1.70. The molecule has 0 aliphatic heterocycles. The lowest BCUT2D eigenvalue weighted by atomic mass is 10.1. The first-order valence-electron chi connectivity index (χ1n) is 8.32. The van der Waals surface area contributed by atoms with E-state index >= 15 is 0 Å². The fourth-order valence-electron chi connectivity index (χ4n) is 2.82. The van der Waals surface area contributed by atoms with E-state index in [-0.39, 0.29) is 5.69 Å². The third-order valence-corrected chi connectivity index (χ3v) is 5.12. The molecule has 0 fully saturated rings. The molecule has 4 rings (SSSR count). The van der Waals surface area contributed by atoms with Crippen molar-refractivity contribution in [3.05, 3.63) is 88.3 Å². The molecule has 0 saturated carbocycles. The lowest BCUT2D eigenvalue weighted by molar-refractivity contribution is -0.384. The van der Waals surface area contributed by atoms with Gasteiger partial charge in [-0.25, -0.2) is 0 Å². The van der Waals surface area contributed by atoms with Crippen LogP contribution in [0.4, 0.5) is 5.69 Å². The van der Waals surface area contributed by atoms with Crippen LogP contribution in [0.3, 0.4) is 0 Å². The van der Waals surface area contributed by atoms with Crippen molar-refractivity contribution >= 4 is 28.2 Å². The number of nitro benzene ring substituents is 1. The maximum absolute atomic E-state index is 10.7. The molecular weight excluding hydrogens is 362 g/mol. The molecule has 0 spiro atoms. The monoisotopic (exact) mass is 377 g/mol. The lowest BCUT2D eigenvalue weighted by Gasteiger charge is -2.05. The Bertz CT molecular complexity index is 1090. The van der Waals surface area contributed by atoms with Crippen molar-refractivity contribution in [2.24, 2.45) is 0 Å². The second-order valence-electron chi connectivity index (χ2n) is 5.94. The molecule has 0 amide bonds. The number of nitrogens with zero attached hydrogens (tertiary/aromatic N) is 3. The number of non-ortho nitro benzene ring substituents is 1. The molecule has 3 aromatic carbocycles. The van der Waals surface area contributed by atoms with Crippen LogP contribution < -0.4 is 0 Å². The van der Waals surface area contributed by atoms with Gasteiger partial charge in [0, 0.05) is 23.4 Å². The van der Waals surface area contributed by atoms with E-state index in [2.05, 4.69) is 40.5 Å². The van der Waals surface area contributed by atoms with Crippen molar-refractivity contribution < 1.29 is 9.34 Å². The van der Waals surface area contributed by atoms with Gasteiger partial charge in [-0.2, -0.15) is 0 Å². The molecule has 0 radical (unpaired) electrons. The van der Waals surface area contributed by atoms with Gasteiger partial charge in [-0.05, 0) is 28.5 Å². The minimum absolute atomic E-state index is 0.0316. The molecule has 134 valence electrons. The van der Waals surface area contributed by atoms with Crippen molar-refractivity contribution in [1.82, 2.24) is 10.2 Å². The quantitative estimate of drug-likeness (QED) is 0.338. The van der Waals surface area contributed by atoms with Crippen molar-refractivity contribution in [2.45, 2.75) is 11.5 Å². The number of hydrogen-bond acceptors (Lipinski definition) is 6. The summed E-state index contributed by atoms with van der Waals surface area (Å²) in [4.78, 5) is 10.3. The molecule has 0 aliphatic carbocycles. The molecule has 7 heteroatoms. The second kappa shape index (κ2) is 7.59. The normalized spacial score (nSPS) is 11.0. The van der Waals surface area contributed by atoms with Crippen LogP contribution >= 0.6 is 11.8 Å². The minimum atomic E-state index is -0.438. The lowest BCUT2D eigenvalue weighted by Crippen LogP contribution is -1.87. The molecule has 27 heavy (non-hydrogen) atoms. The van der Waals surface area contributed by atoms with Gasteiger partial charge in [0.1, 0.15) is 0 Å². The summed E-state index contributed by atoms with van der Waals surface area (Å²) in [6.45, 7) is 0. The Kier molecular flexibility index (Phi) is 4.84. The molecule has 0 saturated heterocycles. The van der Waals surface area contributed by atoms with Gasteiger partial charge in [0.05, 0.1) is 10.7 Å². The van der Waals surface area contributed by atoms with Crippen LogP contribution in [0.5, 0.6) is 0 Å². The van der Waals surface area contributed by atoms with Crippen LogP contribution in [-0.4, -0.2) is 15.1 Å². The van der Waals surface area contributed by atoms with E-state index in [1.807, 2.05) is 12.1 Å². The first-order valence-corrected chi connectivity index (χ1v) is 9.48. The van der Waals surface area contributed by atoms with Crippen LogP contribution in [0.1, 0.15) is 11.5 Å². The first kappa shape index (κ1) is 17.2. The highest BCUT2D eigenvalue weighted by atomic mass is 32.2. The number of hydrogen-bond donors (Lipinski definition) is 0. The largest absolute Gasteiger partial charge is 0.420 e. The van der Waals surface area contributed by atoms with E-state index in [0.29, 0.717) is 23.1 Å². The van der Waals surface area contributed by atoms with Crippen LogP contribution in [-0.2, 0) is 11.5 Å². The van der Waals surface area contributed by atoms with Crippen molar-refractivity contribution in [1.29, 1.82) is 0 Å². The SMILES string of the molecule is O=[N+]([O-])c1ccc(-c2nnc(CSCc3cccc4ccccc34)o2)cc1. The van der Waals surface area contributed by atoms with Crippen molar-refractivity contribution in [3.8, 4) is 11.5 Å². The number of thioether (sulfide) groups is 1. The van der Waals surface area contributed by atoms with E-state index in [9.17, 15) is 10.1 Å². The summed E-state index contributed by atoms with van der Waals surface area (Å²) in [5.74, 6) is 2.35. The van der Waals surface area contributed by atoms with Crippen LogP contribution in [0.25, 0.3) is 22.2 Å². The zero-order chi connectivity index (χ0) is 18.6. The Morgan fingerprint density at radius 1 is 0.926 bits per heavy atom. The second-order valence-corrected chi connectivity index (χ2v) is 6.92. The third kappa shape index (κ3) is 3.83. The van der Waals surface area contributed by atoms with E-state index in [0.717, 1.165) is 5.75 Å². The third-order valence-electron chi connectivity index (χ3n) is 4.15. The summed E-state index contributed by atoms with van der Waals surface area (Å²) in [6.07, 6.45) is 0. The molecule has 4 aromatic rings. The van der Waals surface area contributed by atoms with E-state index in [1.54, 1.807) is 23.9 Å². The van der Waals surface area contributed by atoms with Crippen molar-refractivity contribution in [2.75, 3.05) is 0 Å². The number of fused-ring (bicyclic) bond motifs is 1.